The minimum absolute atomic E-state index is 0.455. The predicted molar refractivity (Wildman–Crippen MR) is 49.3 cm³/mol. The fraction of sp³-hybridized carbons (Fsp3) is 0.250. The van der Waals surface area contributed by atoms with Crippen LogP contribution < -0.4 is 0 Å². The lowest BCUT2D eigenvalue weighted by atomic mass is 10.2. The topological polar surface area (TPSA) is 50.9 Å². The van der Waals surface area contributed by atoms with Gasteiger partial charge in [0.25, 0.3) is 0 Å². The van der Waals surface area contributed by atoms with E-state index in [1.807, 2.05) is 23.7 Å². The normalized spacial score (nSPS) is 13.0. The van der Waals surface area contributed by atoms with Crippen molar-refractivity contribution in [3.05, 3.63) is 35.6 Å². The number of hydrogen-bond donors (Lipinski definition) is 1. The monoisotopic (exact) mass is 195 g/mol. The van der Waals surface area contributed by atoms with Crippen molar-refractivity contribution in [3.63, 3.8) is 0 Å². The van der Waals surface area contributed by atoms with Crippen LogP contribution in [0.3, 0.4) is 0 Å². The maximum atomic E-state index is 9.66. The number of rotatable bonds is 3. The summed E-state index contributed by atoms with van der Waals surface area (Å²) in [6.07, 6.45) is 2.94. The quantitative estimate of drug-likeness (QED) is 0.797. The van der Waals surface area contributed by atoms with Gasteiger partial charge in [-0.1, -0.05) is 0 Å². The third kappa shape index (κ3) is 1.93. The van der Waals surface area contributed by atoms with E-state index in [-0.39, 0.29) is 0 Å². The molecule has 0 saturated carbocycles. The van der Waals surface area contributed by atoms with E-state index in [0.29, 0.717) is 12.2 Å². The van der Waals surface area contributed by atoms with Gasteiger partial charge in [0.1, 0.15) is 6.10 Å². The van der Waals surface area contributed by atoms with Crippen molar-refractivity contribution in [1.82, 2.24) is 14.2 Å². The van der Waals surface area contributed by atoms with Gasteiger partial charge in [-0.05, 0) is 23.7 Å². The largest absolute Gasteiger partial charge is 0.385 e. The molecule has 0 aliphatic carbocycles. The maximum Gasteiger partial charge on any atom is 0.117 e. The minimum atomic E-state index is -0.564. The van der Waals surface area contributed by atoms with E-state index < -0.39 is 6.10 Å². The molecule has 2 heterocycles. The molecular weight excluding hydrogens is 186 g/mol. The molecule has 1 N–H and O–H groups in total. The van der Waals surface area contributed by atoms with E-state index in [1.54, 1.807) is 10.9 Å². The molecular formula is C8H9N3OS. The van der Waals surface area contributed by atoms with Crippen molar-refractivity contribution in [1.29, 1.82) is 0 Å². The summed E-state index contributed by atoms with van der Waals surface area (Å²) in [7, 11) is 0. The Balaban J connectivity index is 2.04. The van der Waals surface area contributed by atoms with Crippen LogP contribution in [-0.4, -0.2) is 19.3 Å². The molecule has 0 radical (unpaired) electrons. The van der Waals surface area contributed by atoms with Crippen LogP contribution in [0.1, 0.15) is 11.8 Å². The molecule has 5 heteroatoms. The molecule has 4 nitrogen and oxygen atoms in total. The number of aliphatic hydroxyl groups is 1. The Labute approximate surface area is 79.6 Å². The van der Waals surface area contributed by atoms with Crippen LogP contribution in [0.15, 0.2) is 29.9 Å². The molecule has 0 amide bonds. The molecule has 2 aromatic heterocycles. The average molecular weight is 195 g/mol. The maximum absolute atomic E-state index is 9.66. The molecule has 0 bridgehead atoms. The van der Waals surface area contributed by atoms with Crippen LogP contribution in [0, 0.1) is 0 Å². The Kier molecular flexibility index (Phi) is 2.37. The Morgan fingerprint density at radius 3 is 3.15 bits per heavy atom. The van der Waals surface area contributed by atoms with Gasteiger partial charge < -0.3 is 5.11 Å². The first-order valence-electron chi connectivity index (χ1n) is 3.92. The zero-order valence-corrected chi connectivity index (χ0v) is 7.68. The molecule has 0 aliphatic heterocycles. The zero-order chi connectivity index (χ0) is 9.10. The fourth-order valence-electron chi connectivity index (χ4n) is 1.07. The molecule has 0 saturated heterocycles. The highest BCUT2D eigenvalue weighted by molar-refractivity contribution is 7.03. The summed E-state index contributed by atoms with van der Waals surface area (Å²) in [5.74, 6) is 0. The first kappa shape index (κ1) is 8.40. The van der Waals surface area contributed by atoms with Crippen LogP contribution >= 0.6 is 11.5 Å². The highest BCUT2D eigenvalue weighted by Crippen LogP contribution is 2.13. The molecule has 1 unspecified atom stereocenters. The van der Waals surface area contributed by atoms with Gasteiger partial charge in [0, 0.05) is 17.8 Å². The van der Waals surface area contributed by atoms with Gasteiger partial charge in [-0.3, -0.25) is 4.68 Å². The number of hydrogen-bond acceptors (Lipinski definition) is 4. The molecule has 1 atom stereocenters. The minimum Gasteiger partial charge on any atom is -0.385 e. The van der Waals surface area contributed by atoms with Crippen molar-refractivity contribution in [3.8, 4) is 0 Å². The Morgan fingerprint density at radius 2 is 2.54 bits per heavy atom. The van der Waals surface area contributed by atoms with E-state index in [4.69, 9.17) is 0 Å². The molecule has 0 fully saturated rings. The van der Waals surface area contributed by atoms with Gasteiger partial charge in [-0.15, -0.1) is 0 Å². The van der Waals surface area contributed by atoms with Gasteiger partial charge in [0.2, 0.25) is 0 Å². The lowest BCUT2D eigenvalue weighted by molar-refractivity contribution is 0.148. The van der Waals surface area contributed by atoms with Gasteiger partial charge in [0.15, 0.2) is 0 Å². The fourth-order valence-corrected chi connectivity index (χ4v) is 1.64. The second-order valence-corrected chi connectivity index (χ2v) is 3.33. The third-order valence-electron chi connectivity index (χ3n) is 1.72. The number of nitrogens with zero attached hydrogens (tertiary/aromatic N) is 3. The Morgan fingerprint density at radius 1 is 1.62 bits per heavy atom. The Bertz CT molecular complexity index is 343. The van der Waals surface area contributed by atoms with Gasteiger partial charge in [-0.25, -0.2) is 0 Å². The van der Waals surface area contributed by atoms with Crippen molar-refractivity contribution >= 4 is 11.5 Å². The second kappa shape index (κ2) is 3.68. The van der Waals surface area contributed by atoms with E-state index in [2.05, 4.69) is 9.47 Å². The van der Waals surface area contributed by atoms with Crippen LogP contribution in [0.25, 0.3) is 0 Å². The molecule has 13 heavy (non-hydrogen) atoms. The lowest BCUT2D eigenvalue weighted by Gasteiger charge is -2.06. The number of aliphatic hydroxyl groups excluding tert-OH is 1. The standard InChI is InChI=1S/C8H9N3OS/c12-8(7-2-5-13-10-7)6-11-4-1-3-9-11/h1-5,8,12H,6H2. The highest BCUT2D eigenvalue weighted by atomic mass is 32.1. The van der Waals surface area contributed by atoms with Crippen LogP contribution in [-0.2, 0) is 6.54 Å². The van der Waals surface area contributed by atoms with Crippen molar-refractivity contribution in [2.75, 3.05) is 0 Å². The van der Waals surface area contributed by atoms with E-state index >= 15 is 0 Å². The first-order chi connectivity index (χ1) is 6.36. The summed E-state index contributed by atoms with van der Waals surface area (Å²) >= 11 is 1.34. The summed E-state index contributed by atoms with van der Waals surface area (Å²) in [4.78, 5) is 0. The molecule has 2 aromatic rings. The highest BCUT2D eigenvalue weighted by Gasteiger charge is 2.09. The van der Waals surface area contributed by atoms with Crippen LogP contribution in [0.5, 0.6) is 0 Å². The molecule has 0 spiro atoms. The first-order valence-corrected chi connectivity index (χ1v) is 4.75. The Hall–Kier alpha value is -1.20. The van der Waals surface area contributed by atoms with Crippen molar-refractivity contribution < 1.29 is 5.11 Å². The summed E-state index contributed by atoms with van der Waals surface area (Å²) in [5.41, 5.74) is 0.709. The summed E-state index contributed by atoms with van der Waals surface area (Å²) in [5, 5.41) is 15.5. The van der Waals surface area contributed by atoms with Crippen molar-refractivity contribution in [2.45, 2.75) is 12.6 Å². The zero-order valence-electron chi connectivity index (χ0n) is 6.87. The molecule has 0 aliphatic rings. The molecule has 2 rings (SSSR count). The van der Waals surface area contributed by atoms with Crippen LogP contribution in [0.2, 0.25) is 0 Å². The molecule has 68 valence electrons. The second-order valence-electron chi connectivity index (χ2n) is 2.67. The van der Waals surface area contributed by atoms with Crippen molar-refractivity contribution in [2.24, 2.45) is 0 Å². The lowest BCUT2D eigenvalue weighted by Crippen LogP contribution is -2.08. The molecule has 0 aromatic carbocycles. The van der Waals surface area contributed by atoms with Gasteiger partial charge >= 0.3 is 0 Å². The van der Waals surface area contributed by atoms with Gasteiger partial charge in [0.05, 0.1) is 12.2 Å². The summed E-state index contributed by atoms with van der Waals surface area (Å²) < 4.78 is 5.73. The van der Waals surface area contributed by atoms with E-state index in [1.165, 1.54) is 11.5 Å². The third-order valence-corrected chi connectivity index (χ3v) is 2.29. The van der Waals surface area contributed by atoms with Crippen LogP contribution in [0.4, 0.5) is 0 Å². The van der Waals surface area contributed by atoms with Gasteiger partial charge in [-0.2, -0.15) is 9.47 Å². The van der Waals surface area contributed by atoms with E-state index in [9.17, 15) is 5.11 Å². The average Bonchev–Trinajstić information content (AvgIpc) is 2.74. The summed E-state index contributed by atoms with van der Waals surface area (Å²) in [6.45, 7) is 0.455. The van der Waals surface area contributed by atoms with E-state index in [0.717, 1.165) is 0 Å². The predicted octanol–water partition coefficient (Wildman–Crippen LogP) is 1.07. The number of aromatic nitrogens is 3. The smallest absolute Gasteiger partial charge is 0.117 e. The summed E-state index contributed by atoms with van der Waals surface area (Å²) in [6, 6.07) is 3.65. The SMILES string of the molecule is OC(Cn1cccn1)c1ccsn1.